The summed E-state index contributed by atoms with van der Waals surface area (Å²) in [5, 5.41) is 4.44. The van der Waals surface area contributed by atoms with Gasteiger partial charge < -0.3 is 8.98 Å². The van der Waals surface area contributed by atoms with E-state index < -0.39 is 0 Å². The third-order valence-corrected chi connectivity index (χ3v) is 13.1. The molecule has 0 amide bonds. The maximum absolute atomic E-state index is 6.30. The summed E-state index contributed by atoms with van der Waals surface area (Å²) < 4.78 is 8.67. The Morgan fingerprint density at radius 1 is 0.294 bits per heavy atom. The van der Waals surface area contributed by atoms with Crippen LogP contribution >= 0.6 is 0 Å². The number of furan rings is 1. The van der Waals surface area contributed by atoms with Crippen LogP contribution in [0.15, 0.2) is 247 Å². The first-order chi connectivity index (χ1) is 33.7. The van der Waals surface area contributed by atoms with Crippen LogP contribution in [0.2, 0.25) is 0 Å². The summed E-state index contributed by atoms with van der Waals surface area (Å²) in [6, 6.07) is 85.6. The van der Waals surface area contributed by atoms with E-state index in [0.29, 0.717) is 17.5 Å². The number of benzene rings is 10. The lowest BCUT2D eigenvalue weighted by Crippen LogP contribution is -2.00. The van der Waals surface area contributed by atoms with Crippen LogP contribution in [0.4, 0.5) is 0 Å². The van der Waals surface area contributed by atoms with Crippen molar-refractivity contribution in [3.63, 3.8) is 0 Å². The summed E-state index contributed by atoms with van der Waals surface area (Å²) in [4.78, 5) is 15.4. The highest BCUT2D eigenvalue weighted by atomic mass is 16.3. The van der Waals surface area contributed by atoms with Crippen LogP contribution in [0.1, 0.15) is 0 Å². The molecule has 3 aromatic heterocycles. The Morgan fingerprint density at radius 3 is 1.53 bits per heavy atom. The van der Waals surface area contributed by atoms with Gasteiger partial charge in [-0.2, -0.15) is 0 Å². The number of fused-ring (bicyclic) bond motifs is 6. The summed E-state index contributed by atoms with van der Waals surface area (Å²) >= 11 is 0. The van der Waals surface area contributed by atoms with E-state index in [4.69, 9.17) is 19.4 Å². The van der Waals surface area contributed by atoms with Gasteiger partial charge in [0.25, 0.3) is 0 Å². The van der Waals surface area contributed by atoms with Crippen molar-refractivity contribution in [3.8, 4) is 84.4 Å². The summed E-state index contributed by atoms with van der Waals surface area (Å²) in [5.41, 5.74) is 16.9. The largest absolute Gasteiger partial charge is 0.456 e. The van der Waals surface area contributed by atoms with Crippen molar-refractivity contribution in [2.75, 3.05) is 0 Å². The SMILES string of the molecule is c1ccc(-c2cc(-c3ccc(-c4nc(-c5ccccc5)nc(-c5cccc6oc7ccccc7c56)n4)cc3)c(-c3ccccc3)c(-c3ccc4c(c3)c3ccccc3n4-c3ccccc3)c2)cc1. The minimum absolute atomic E-state index is 0.588. The fourth-order valence-electron chi connectivity index (χ4n) is 9.91. The maximum atomic E-state index is 6.30. The van der Waals surface area contributed by atoms with Crippen molar-refractivity contribution in [1.29, 1.82) is 0 Å². The molecule has 0 N–H and O–H groups in total. The first kappa shape index (κ1) is 39.2. The van der Waals surface area contributed by atoms with E-state index in [1.807, 2.05) is 60.7 Å². The summed E-state index contributed by atoms with van der Waals surface area (Å²) in [6.07, 6.45) is 0. The second-order valence-corrected chi connectivity index (χ2v) is 17.1. The first-order valence-corrected chi connectivity index (χ1v) is 22.9. The zero-order valence-corrected chi connectivity index (χ0v) is 36.8. The molecule has 0 bridgehead atoms. The fourth-order valence-corrected chi connectivity index (χ4v) is 9.91. The van der Waals surface area contributed by atoms with Crippen molar-refractivity contribution in [2.45, 2.75) is 0 Å². The van der Waals surface area contributed by atoms with Crippen molar-refractivity contribution in [3.05, 3.63) is 243 Å². The number of hydrogen-bond donors (Lipinski definition) is 0. The lowest BCUT2D eigenvalue weighted by molar-refractivity contribution is 0.669. The van der Waals surface area contributed by atoms with Gasteiger partial charge in [-0.3, -0.25) is 0 Å². The van der Waals surface area contributed by atoms with Crippen LogP contribution in [0, 0.1) is 0 Å². The number of para-hydroxylation sites is 3. The molecular formula is C63H40N4O. The Balaban J connectivity index is 1.00. The van der Waals surface area contributed by atoms with E-state index in [1.165, 1.54) is 27.4 Å². The smallest absolute Gasteiger partial charge is 0.164 e. The number of nitrogens with zero attached hydrogens (tertiary/aromatic N) is 4. The Hall–Kier alpha value is -9.19. The normalized spacial score (nSPS) is 11.5. The van der Waals surface area contributed by atoms with E-state index in [9.17, 15) is 0 Å². The molecule has 0 aliphatic carbocycles. The third-order valence-electron chi connectivity index (χ3n) is 13.1. The topological polar surface area (TPSA) is 56.7 Å². The second kappa shape index (κ2) is 16.4. The van der Waals surface area contributed by atoms with Gasteiger partial charge in [0.1, 0.15) is 11.2 Å². The molecule has 5 nitrogen and oxygen atoms in total. The molecule has 68 heavy (non-hydrogen) atoms. The highest BCUT2D eigenvalue weighted by Gasteiger charge is 2.21. The zero-order valence-electron chi connectivity index (χ0n) is 36.8. The van der Waals surface area contributed by atoms with Crippen molar-refractivity contribution in [2.24, 2.45) is 0 Å². The average Bonchev–Trinajstić information content (AvgIpc) is 3.97. The highest BCUT2D eigenvalue weighted by molar-refractivity contribution is 6.13. The van der Waals surface area contributed by atoms with Crippen LogP contribution in [0.25, 0.3) is 128 Å². The standard InChI is InChI=1S/C63H40N4O/c1-5-18-41(19-6-1)47-39-52(59(43-20-7-2-8-21-43)53(40-47)46-36-37-56-54(38-46)49-26-13-15-29-55(49)67(56)48-24-11-4-12-25-48)42-32-34-45(35-33-42)62-64-61(44-22-9-3-10-23-44)65-63(66-62)51-28-17-31-58-60(51)50-27-14-16-30-57(50)68-58/h1-40H. The van der Waals surface area contributed by atoms with Crippen molar-refractivity contribution in [1.82, 2.24) is 19.5 Å². The van der Waals surface area contributed by atoms with E-state index in [0.717, 1.165) is 83.3 Å². The lowest BCUT2D eigenvalue weighted by atomic mass is 9.84. The molecule has 0 aliphatic heterocycles. The molecule has 0 spiro atoms. The van der Waals surface area contributed by atoms with Crippen molar-refractivity contribution >= 4 is 43.7 Å². The quantitative estimate of drug-likeness (QED) is 0.153. The van der Waals surface area contributed by atoms with Crippen molar-refractivity contribution < 1.29 is 4.42 Å². The summed E-state index contributed by atoms with van der Waals surface area (Å²) in [5.74, 6) is 1.79. The molecule has 318 valence electrons. The summed E-state index contributed by atoms with van der Waals surface area (Å²) in [6.45, 7) is 0. The number of aromatic nitrogens is 4. The van der Waals surface area contributed by atoms with Gasteiger partial charge in [0.05, 0.1) is 11.0 Å². The van der Waals surface area contributed by atoms with Crippen LogP contribution < -0.4 is 0 Å². The van der Waals surface area contributed by atoms with E-state index >= 15 is 0 Å². The van der Waals surface area contributed by atoms with Crippen LogP contribution in [0.5, 0.6) is 0 Å². The molecule has 13 aromatic rings. The Bertz CT molecular complexity index is 3990. The second-order valence-electron chi connectivity index (χ2n) is 17.1. The van der Waals surface area contributed by atoms with Gasteiger partial charge in [-0.15, -0.1) is 0 Å². The molecule has 10 aromatic carbocycles. The van der Waals surface area contributed by atoms with Gasteiger partial charge in [0.2, 0.25) is 0 Å². The Morgan fingerprint density at radius 2 is 0.809 bits per heavy atom. The summed E-state index contributed by atoms with van der Waals surface area (Å²) in [7, 11) is 0. The molecule has 0 atom stereocenters. The first-order valence-electron chi connectivity index (χ1n) is 22.9. The van der Waals surface area contributed by atoms with Gasteiger partial charge >= 0.3 is 0 Å². The Kier molecular flexibility index (Phi) is 9.43. The average molecular weight is 869 g/mol. The number of rotatable bonds is 8. The van der Waals surface area contributed by atoms with Gasteiger partial charge in [0, 0.05) is 43.9 Å². The van der Waals surface area contributed by atoms with E-state index in [-0.39, 0.29) is 0 Å². The van der Waals surface area contributed by atoms with E-state index in [1.54, 1.807) is 0 Å². The number of hydrogen-bond acceptors (Lipinski definition) is 4. The third kappa shape index (κ3) is 6.76. The van der Waals surface area contributed by atoms with Crippen LogP contribution in [0.3, 0.4) is 0 Å². The monoisotopic (exact) mass is 868 g/mol. The van der Waals surface area contributed by atoms with Crippen LogP contribution in [-0.2, 0) is 0 Å². The minimum atomic E-state index is 0.588. The fraction of sp³-hybridized carbons (Fsp3) is 0. The zero-order chi connectivity index (χ0) is 45.0. The molecule has 0 aliphatic rings. The molecule has 0 saturated carbocycles. The molecule has 3 heterocycles. The lowest BCUT2D eigenvalue weighted by Gasteiger charge is -2.19. The molecule has 0 radical (unpaired) electrons. The maximum Gasteiger partial charge on any atom is 0.164 e. The molecule has 5 heteroatoms. The molecule has 0 unspecified atom stereocenters. The molecule has 0 saturated heterocycles. The van der Waals surface area contributed by atoms with E-state index in [2.05, 4.69) is 187 Å². The van der Waals surface area contributed by atoms with Gasteiger partial charge in [0.15, 0.2) is 17.5 Å². The molecule has 0 fully saturated rings. The molecule has 13 rings (SSSR count). The minimum Gasteiger partial charge on any atom is -0.456 e. The van der Waals surface area contributed by atoms with Gasteiger partial charge in [-0.05, 0) is 99.1 Å². The van der Waals surface area contributed by atoms with Gasteiger partial charge in [-0.25, -0.2) is 15.0 Å². The Labute approximate surface area is 392 Å². The molecular weight excluding hydrogens is 829 g/mol. The predicted molar refractivity (Wildman–Crippen MR) is 279 cm³/mol. The van der Waals surface area contributed by atoms with Gasteiger partial charge in [-0.1, -0.05) is 188 Å². The highest BCUT2D eigenvalue weighted by Crippen LogP contribution is 2.45. The predicted octanol–water partition coefficient (Wildman–Crippen LogP) is 16.5. The van der Waals surface area contributed by atoms with Crippen LogP contribution in [-0.4, -0.2) is 19.5 Å².